The Morgan fingerprint density at radius 1 is 1.08 bits per heavy atom. The lowest BCUT2D eigenvalue weighted by atomic mass is 10.1. The molecule has 26 heavy (non-hydrogen) atoms. The molecule has 0 aliphatic carbocycles. The van der Waals surface area contributed by atoms with E-state index in [2.05, 4.69) is 58.7 Å². The SMILES string of the molecule is CC(=O)N1CCc2cc(NCC(c3ccccc3)N3CCCC3)ccc21. The number of benzene rings is 2. The number of fused-ring (bicyclic) bond motifs is 1. The minimum Gasteiger partial charge on any atom is -0.383 e. The van der Waals surface area contributed by atoms with Crippen molar-refractivity contribution in [3.8, 4) is 0 Å². The van der Waals surface area contributed by atoms with Crippen LogP contribution in [-0.2, 0) is 11.2 Å². The number of amides is 1. The average Bonchev–Trinajstić information content (AvgIpc) is 3.32. The second kappa shape index (κ2) is 7.50. The molecule has 2 aromatic carbocycles. The van der Waals surface area contributed by atoms with Gasteiger partial charge in [-0.1, -0.05) is 30.3 Å². The normalized spacial score (nSPS) is 18.0. The topological polar surface area (TPSA) is 35.6 Å². The summed E-state index contributed by atoms with van der Waals surface area (Å²) in [5.74, 6) is 0.127. The van der Waals surface area contributed by atoms with E-state index in [1.807, 2.05) is 4.90 Å². The van der Waals surface area contributed by atoms with Crippen LogP contribution in [0, 0.1) is 0 Å². The molecule has 4 heteroatoms. The fourth-order valence-corrected chi connectivity index (χ4v) is 4.24. The number of hydrogen-bond donors (Lipinski definition) is 1. The van der Waals surface area contributed by atoms with E-state index >= 15 is 0 Å². The van der Waals surface area contributed by atoms with E-state index in [4.69, 9.17) is 0 Å². The van der Waals surface area contributed by atoms with Crippen molar-refractivity contribution in [3.63, 3.8) is 0 Å². The van der Waals surface area contributed by atoms with Crippen LogP contribution in [0.3, 0.4) is 0 Å². The van der Waals surface area contributed by atoms with Gasteiger partial charge in [0, 0.05) is 31.4 Å². The van der Waals surface area contributed by atoms with E-state index < -0.39 is 0 Å². The summed E-state index contributed by atoms with van der Waals surface area (Å²) in [4.78, 5) is 16.2. The summed E-state index contributed by atoms with van der Waals surface area (Å²) in [7, 11) is 0. The van der Waals surface area contributed by atoms with Crippen molar-refractivity contribution < 1.29 is 4.79 Å². The van der Waals surface area contributed by atoms with Gasteiger partial charge >= 0.3 is 0 Å². The molecule has 0 aromatic heterocycles. The first-order valence-corrected chi connectivity index (χ1v) is 9.66. The van der Waals surface area contributed by atoms with Crippen LogP contribution in [-0.4, -0.2) is 37.0 Å². The molecule has 1 fully saturated rings. The van der Waals surface area contributed by atoms with Crippen molar-refractivity contribution >= 4 is 17.3 Å². The molecule has 4 nitrogen and oxygen atoms in total. The van der Waals surface area contributed by atoms with Gasteiger partial charge in [0.25, 0.3) is 0 Å². The molecule has 0 spiro atoms. The lowest BCUT2D eigenvalue weighted by molar-refractivity contribution is -0.116. The predicted octanol–water partition coefficient (Wildman–Crippen LogP) is 3.84. The van der Waals surface area contributed by atoms with Gasteiger partial charge in [0.2, 0.25) is 5.91 Å². The molecule has 136 valence electrons. The van der Waals surface area contributed by atoms with Gasteiger partial charge in [-0.3, -0.25) is 9.69 Å². The van der Waals surface area contributed by atoms with E-state index in [0.29, 0.717) is 6.04 Å². The number of nitrogens with zero attached hydrogens (tertiary/aromatic N) is 2. The minimum absolute atomic E-state index is 0.127. The highest BCUT2D eigenvalue weighted by Crippen LogP contribution is 2.31. The molecule has 0 saturated carbocycles. The van der Waals surface area contributed by atoms with Gasteiger partial charge in [-0.2, -0.15) is 0 Å². The highest BCUT2D eigenvalue weighted by molar-refractivity contribution is 5.94. The molecule has 0 bridgehead atoms. The van der Waals surface area contributed by atoms with E-state index in [9.17, 15) is 4.79 Å². The minimum atomic E-state index is 0.127. The maximum absolute atomic E-state index is 11.7. The number of carbonyl (C=O) groups excluding carboxylic acids is 1. The first kappa shape index (κ1) is 17.1. The van der Waals surface area contributed by atoms with Gasteiger partial charge in [-0.25, -0.2) is 0 Å². The summed E-state index contributed by atoms with van der Waals surface area (Å²) in [5.41, 5.74) is 4.87. The molecule has 1 atom stereocenters. The Balaban J connectivity index is 1.49. The highest BCUT2D eigenvalue weighted by Gasteiger charge is 2.24. The largest absolute Gasteiger partial charge is 0.383 e. The molecule has 1 saturated heterocycles. The van der Waals surface area contributed by atoms with Crippen molar-refractivity contribution in [2.24, 2.45) is 0 Å². The molecule has 4 rings (SSSR count). The van der Waals surface area contributed by atoms with Crippen LogP contribution >= 0.6 is 0 Å². The summed E-state index contributed by atoms with van der Waals surface area (Å²) in [6, 6.07) is 17.6. The Kier molecular flexibility index (Phi) is 4.93. The smallest absolute Gasteiger partial charge is 0.223 e. The van der Waals surface area contributed by atoms with Crippen LogP contribution in [0.4, 0.5) is 11.4 Å². The van der Waals surface area contributed by atoms with Crippen LogP contribution in [0.1, 0.15) is 36.9 Å². The summed E-state index contributed by atoms with van der Waals surface area (Å²) < 4.78 is 0. The van der Waals surface area contributed by atoms with Crippen LogP contribution in [0.2, 0.25) is 0 Å². The van der Waals surface area contributed by atoms with Crippen molar-refractivity contribution in [3.05, 3.63) is 59.7 Å². The zero-order chi connectivity index (χ0) is 17.9. The molecule has 2 aliphatic rings. The fourth-order valence-electron chi connectivity index (χ4n) is 4.24. The molecule has 2 aliphatic heterocycles. The van der Waals surface area contributed by atoms with Crippen LogP contribution in [0.25, 0.3) is 0 Å². The van der Waals surface area contributed by atoms with Crippen molar-refractivity contribution in [2.45, 2.75) is 32.2 Å². The number of nitrogens with one attached hydrogen (secondary N) is 1. The number of rotatable bonds is 5. The van der Waals surface area contributed by atoms with E-state index in [-0.39, 0.29) is 5.91 Å². The zero-order valence-electron chi connectivity index (χ0n) is 15.4. The van der Waals surface area contributed by atoms with Crippen LogP contribution in [0.5, 0.6) is 0 Å². The van der Waals surface area contributed by atoms with Crippen LogP contribution in [0.15, 0.2) is 48.5 Å². The van der Waals surface area contributed by atoms with Gasteiger partial charge in [-0.15, -0.1) is 0 Å². The number of carbonyl (C=O) groups is 1. The lowest BCUT2D eigenvalue weighted by Crippen LogP contribution is -2.31. The first-order valence-electron chi connectivity index (χ1n) is 9.66. The first-order chi connectivity index (χ1) is 12.7. The summed E-state index contributed by atoms with van der Waals surface area (Å²) in [6.07, 6.45) is 3.53. The third-order valence-corrected chi connectivity index (χ3v) is 5.62. The maximum Gasteiger partial charge on any atom is 0.223 e. The fraction of sp³-hybridized carbons (Fsp3) is 0.409. The molecule has 0 radical (unpaired) electrons. The summed E-state index contributed by atoms with van der Waals surface area (Å²) in [6.45, 7) is 5.70. The number of likely N-dealkylation sites (tertiary alicyclic amines) is 1. The van der Waals surface area contributed by atoms with Crippen molar-refractivity contribution in [1.82, 2.24) is 4.90 Å². The summed E-state index contributed by atoms with van der Waals surface area (Å²) >= 11 is 0. The predicted molar refractivity (Wildman–Crippen MR) is 107 cm³/mol. The average molecular weight is 349 g/mol. The molecule has 2 aromatic rings. The highest BCUT2D eigenvalue weighted by atomic mass is 16.2. The molecule has 1 unspecified atom stereocenters. The second-order valence-electron chi connectivity index (χ2n) is 7.31. The van der Waals surface area contributed by atoms with Gasteiger partial charge in [0.1, 0.15) is 0 Å². The Morgan fingerprint density at radius 3 is 2.58 bits per heavy atom. The van der Waals surface area contributed by atoms with E-state index in [1.165, 1.54) is 37.1 Å². The van der Waals surface area contributed by atoms with Gasteiger partial charge in [0.05, 0.1) is 6.04 Å². The monoisotopic (exact) mass is 349 g/mol. The zero-order valence-corrected chi connectivity index (χ0v) is 15.4. The molecular formula is C22H27N3O. The third kappa shape index (κ3) is 3.47. The van der Waals surface area contributed by atoms with Gasteiger partial charge in [0.15, 0.2) is 0 Å². The summed E-state index contributed by atoms with van der Waals surface area (Å²) in [5, 5.41) is 3.65. The maximum atomic E-state index is 11.7. The third-order valence-electron chi connectivity index (χ3n) is 5.62. The van der Waals surface area contributed by atoms with Crippen molar-refractivity contribution in [2.75, 3.05) is 36.4 Å². The van der Waals surface area contributed by atoms with Gasteiger partial charge in [-0.05, 0) is 61.7 Å². The lowest BCUT2D eigenvalue weighted by Gasteiger charge is -2.28. The number of anilines is 2. The molecule has 1 amide bonds. The second-order valence-corrected chi connectivity index (χ2v) is 7.31. The number of hydrogen-bond acceptors (Lipinski definition) is 3. The van der Waals surface area contributed by atoms with Crippen LogP contribution < -0.4 is 10.2 Å². The Hall–Kier alpha value is -2.33. The molecule has 1 N–H and O–H groups in total. The van der Waals surface area contributed by atoms with E-state index in [1.54, 1.807) is 6.92 Å². The quantitative estimate of drug-likeness (QED) is 0.891. The Labute approximate surface area is 155 Å². The van der Waals surface area contributed by atoms with Crippen molar-refractivity contribution in [1.29, 1.82) is 0 Å². The Morgan fingerprint density at radius 2 is 1.85 bits per heavy atom. The molecule has 2 heterocycles. The van der Waals surface area contributed by atoms with Gasteiger partial charge < -0.3 is 10.2 Å². The van der Waals surface area contributed by atoms with E-state index in [0.717, 1.165) is 30.9 Å². The Bertz CT molecular complexity index is 768. The molecular weight excluding hydrogens is 322 g/mol. The standard InChI is InChI=1S/C22H27N3O/c1-17(26)25-14-11-19-15-20(9-10-21(19)25)23-16-22(24-12-5-6-13-24)18-7-3-2-4-8-18/h2-4,7-10,15,22-23H,5-6,11-14,16H2,1H3.